The van der Waals surface area contributed by atoms with Crippen molar-refractivity contribution in [2.75, 3.05) is 5.32 Å². The van der Waals surface area contributed by atoms with Crippen molar-refractivity contribution in [3.8, 4) is 5.69 Å². The number of benzene rings is 2. The molecule has 5 nitrogen and oxygen atoms in total. The summed E-state index contributed by atoms with van der Waals surface area (Å²) in [6.07, 6.45) is 1.30. The number of anilines is 2. The second kappa shape index (κ2) is 6.36. The average molecular weight is 350 g/mol. The van der Waals surface area contributed by atoms with Gasteiger partial charge in [-0.2, -0.15) is 4.39 Å². The van der Waals surface area contributed by atoms with Crippen LogP contribution >= 0.6 is 0 Å². The summed E-state index contributed by atoms with van der Waals surface area (Å²) in [6.45, 7) is 0. The van der Waals surface area contributed by atoms with Crippen molar-refractivity contribution in [3.63, 3.8) is 0 Å². The minimum atomic E-state index is -0.661. The van der Waals surface area contributed by atoms with Gasteiger partial charge in [0.1, 0.15) is 5.82 Å². The highest BCUT2D eigenvalue weighted by Crippen LogP contribution is 2.20. The number of nitrogens with zero attached hydrogens (tertiary/aromatic N) is 3. The quantitative estimate of drug-likeness (QED) is 0.571. The average Bonchev–Trinajstić information content (AvgIpc) is 2.63. The molecule has 0 aliphatic carbocycles. The van der Waals surface area contributed by atoms with Crippen molar-refractivity contribution in [3.05, 3.63) is 89.0 Å². The highest BCUT2D eigenvalue weighted by atomic mass is 19.1. The number of para-hydroxylation sites is 1. The van der Waals surface area contributed by atoms with Crippen LogP contribution in [0, 0.1) is 11.8 Å². The summed E-state index contributed by atoms with van der Waals surface area (Å²) in [5.74, 6) is -0.995. The molecular weight excluding hydrogens is 338 g/mol. The molecule has 2 heterocycles. The van der Waals surface area contributed by atoms with Crippen LogP contribution in [0.25, 0.3) is 16.6 Å². The largest absolute Gasteiger partial charge is 0.325 e. The van der Waals surface area contributed by atoms with Crippen LogP contribution in [-0.4, -0.2) is 14.5 Å². The summed E-state index contributed by atoms with van der Waals surface area (Å²) < 4.78 is 28.3. The van der Waals surface area contributed by atoms with E-state index in [2.05, 4.69) is 15.3 Å². The first-order valence-electron chi connectivity index (χ1n) is 7.78. The van der Waals surface area contributed by atoms with Crippen LogP contribution in [-0.2, 0) is 0 Å². The van der Waals surface area contributed by atoms with Gasteiger partial charge in [-0.15, -0.1) is 0 Å². The number of rotatable bonds is 3. The Balaban J connectivity index is 1.98. The Morgan fingerprint density at radius 1 is 0.962 bits per heavy atom. The minimum absolute atomic E-state index is 0.153. The molecule has 128 valence electrons. The monoisotopic (exact) mass is 350 g/mol. The van der Waals surface area contributed by atoms with Crippen molar-refractivity contribution < 1.29 is 8.78 Å². The standard InChI is InChI=1S/C19H12F2N4O/c20-12-6-7-16-15(10-12)18(26)25(14-4-2-1-3-5-14)19(24-16)23-13-8-9-22-17(21)11-13/h1-11H,(H,22,23,24). The molecule has 7 heteroatoms. The van der Waals surface area contributed by atoms with E-state index in [1.54, 1.807) is 30.3 Å². The summed E-state index contributed by atoms with van der Waals surface area (Å²) in [7, 11) is 0. The summed E-state index contributed by atoms with van der Waals surface area (Å²) >= 11 is 0. The zero-order chi connectivity index (χ0) is 18.1. The zero-order valence-electron chi connectivity index (χ0n) is 13.4. The lowest BCUT2D eigenvalue weighted by atomic mass is 10.2. The third-order valence-electron chi connectivity index (χ3n) is 3.83. The molecule has 0 saturated heterocycles. The maximum atomic E-state index is 13.6. The molecule has 0 fully saturated rings. The van der Waals surface area contributed by atoms with Gasteiger partial charge in [-0.3, -0.25) is 4.79 Å². The second-order valence-corrected chi connectivity index (χ2v) is 5.57. The number of hydrogen-bond acceptors (Lipinski definition) is 4. The predicted molar refractivity (Wildman–Crippen MR) is 94.8 cm³/mol. The molecule has 0 amide bonds. The van der Waals surface area contributed by atoms with Gasteiger partial charge in [-0.1, -0.05) is 18.2 Å². The van der Waals surface area contributed by atoms with Crippen molar-refractivity contribution in [1.82, 2.24) is 14.5 Å². The molecule has 4 rings (SSSR count). The third kappa shape index (κ3) is 2.90. The Bertz CT molecular complexity index is 1160. The number of hydrogen-bond donors (Lipinski definition) is 1. The van der Waals surface area contributed by atoms with Gasteiger partial charge in [0.25, 0.3) is 5.56 Å². The Morgan fingerprint density at radius 3 is 2.54 bits per heavy atom. The molecule has 0 aliphatic rings. The summed E-state index contributed by atoms with van der Waals surface area (Å²) in [5, 5.41) is 3.09. The van der Waals surface area contributed by atoms with Gasteiger partial charge < -0.3 is 5.32 Å². The lowest BCUT2D eigenvalue weighted by molar-refractivity contribution is 0.584. The second-order valence-electron chi connectivity index (χ2n) is 5.57. The molecule has 2 aromatic carbocycles. The lowest BCUT2D eigenvalue weighted by Gasteiger charge is -2.15. The smallest absolute Gasteiger partial charge is 0.267 e. The van der Waals surface area contributed by atoms with E-state index < -0.39 is 17.3 Å². The molecule has 0 saturated carbocycles. The Labute approximate surface area is 146 Å². The van der Waals surface area contributed by atoms with Crippen molar-refractivity contribution >= 4 is 22.5 Å². The molecule has 26 heavy (non-hydrogen) atoms. The summed E-state index contributed by atoms with van der Waals surface area (Å²) in [4.78, 5) is 20.9. The van der Waals surface area contributed by atoms with E-state index in [0.29, 0.717) is 16.9 Å². The molecule has 4 aromatic rings. The number of aromatic nitrogens is 3. The molecule has 0 radical (unpaired) electrons. The predicted octanol–water partition coefficient (Wildman–Crippen LogP) is 3.80. The van der Waals surface area contributed by atoms with Crippen LogP contribution in [0.2, 0.25) is 0 Å². The van der Waals surface area contributed by atoms with E-state index in [9.17, 15) is 13.6 Å². The number of halogens is 2. The molecule has 0 aliphatic heterocycles. The van der Waals surface area contributed by atoms with Crippen LogP contribution in [0.3, 0.4) is 0 Å². The summed E-state index contributed by atoms with van der Waals surface area (Å²) in [5.41, 5.74) is 0.835. The zero-order valence-corrected chi connectivity index (χ0v) is 13.4. The van der Waals surface area contributed by atoms with Crippen molar-refractivity contribution in [1.29, 1.82) is 0 Å². The number of nitrogens with one attached hydrogen (secondary N) is 1. The fraction of sp³-hybridized carbons (Fsp3) is 0. The molecule has 0 bridgehead atoms. The van der Waals surface area contributed by atoms with E-state index in [-0.39, 0.29) is 11.3 Å². The lowest BCUT2D eigenvalue weighted by Crippen LogP contribution is -2.23. The van der Waals surface area contributed by atoms with E-state index in [4.69, 9.17) is 0 Å². The van der Waals surface area contributed by atoms with Gasteiger partial charge in [0, 0.05) is 18.0 Å². The van der Waals surface area contributed by atoms with Crippen LogP contribution < -0.4 is 10.9 Å². The number of pyridine rings is 1. The first-order valence-corrected chi connectivity index (χ1v) is 7.78. The van der Waals surface area contributed by atoms with Crippen LogP contribution in [0.15, 0.2) is 71.7 Å². The minimum Gasteiger partial charge on any atom is -0.325 e. The van der Waals surface area contributed by atoms with Crippen molar-refractivity contribution in [2.45, 2.75) is 0 Å². The van der Waals surface area contributed by atoms with E-state index in [0.717, 1.165) is 6.07 Å². The highest BCUT2D eigenvalue weighted by molar-refractivity contribution is 5.80. The van der Waals surface area contributed by atoms with Gasteiger partial charge in [-0.05, 0) is 36.4 Å². The Kier molecular flexibility index (Phi) is 3.89. The van der Waals surface area contributed by atoms with Gasteiger partial charge in [0.15, 0.2) is 0 Å². The van der Waals surface area contributed by atoms with Crippen LogP contribution in [0.5, 0.6) is 0 Å². The highest BCUT2D eigenvalue weighted by Gasteiger charge is 2.14. The van der Waals surface area contributed by atoms with E-state index >= 15 is 0 Å². The molecular formula is C19H12F2N4O. The Morgan fingerprint density at radius 2 is 1.77 bits per heavy atom. The van der Waals surface area contributed by atoms with Gasteiger partial charge >= 0.3 is 0 Å². The maximum absolute atomic E-state index is 13.6. The molecule has 0 spiro atoms. The van der Waals surface area contributed by atoms with Gasteiger partial charge in [0.2, 0.25) is 11.9 Å². The summed E-state index contributed by atoms with van der Waals surface area (Å²) in [6, 6.07) is 15.4. The molecule has 2 aromatic heterocycles. The van der Waals surface area contributed by atoms with Gasteiger partial charge in [-0.25, -0.2) is 18.9 Å². The van der Waals surface area contributed by atoms with Crippen LogP contribution in [0.1, 0.15) is 0 Å². The molecule has 1 N–H and O–H groups in total. The van der Waals surface area contributed by atoms with Gasteiger partial charge in [0.05, 0.1) is 16.6 Å². The fourth-order valence-corrected chi connectivity index (χ4v) is 2.67. The fourth-order valence-electron chi connectivity index (χ4n) is 2.67. The van der Waals surface area contributed by atoms with E-state index in [1.165, 1.54) is 29.0 Å². The Hall–Kier alpha value is -3.61. The SMILES string of the molecule is O=c1c2cc(F)ccc2nc(Nc2ccnc(F)c2)n1-c1ccccc1. The van der Waals surface area contributed by atoms with Crippen LogP contribution in [0.4, 0.5) is 20.4 Å². The first-order chi connectivity index (χ1) is 12.6. The number of fused-ring (bicyclic) bond motifs is 1. The van der Waals surface area contributed by atoms with Crippen molar-refractivity contribution in [2.24, 2.45) is 0 Å². The maximum Gasteiger partial charge on any atom is 0.267 e. The normalized spacial score (nSPS) is 10.8. The first kappa shape index (κ1) is 15.9. The third-order valence-corrected chi connectivity index (χ3v) is 3.83. The molecule has 0 unspecified atom stereocenters. The van der Waals surface area contributed by atoms with E-state index in [1.807, 2.05) is 6.07 Å². The molecule has 0 atom stereocenters. The topological polar surface area (TPSA) is 59.8 Å².